The fourth-order valence-corrected chi connectivity index (χ4v) is 1.20. The van der Waals surface area contributed by atoms with Crippen molar-refractivity contribution in [1.82, 2.24) is 0 Å². The summed E-state index contributed by atoms with van der Waals surface area (Å²) >= 11 is 0. The van der Waals surface area contributed by atoms with Gasteiger partial charge in [-0.1, -0.05) is 27.4 Å². The lowest BCUT2D eigenvalue weighted by Gasteiger charge is -2.22. The quantitative estimate of drug-likeness (QED) is 0.653. The highest BCUT2D eigenvalue weighted by molar-refractivity contribution is 5.89. The predicted molar refractivity (Wildman–Crippen MR) is 51.9 cm³/mol. The molecule has 2 heteroatoms. The number of ketones is 1. The highest BCUT2D eigenvalue weighted by atomic mass is 16.1. The molecule has 0 bridgehead atoms. The molecular weight excluding hydrogens is 150 g/mol. The van der Waals surface area contributed by atoms with Crippen LogP contribution >= 0.6 is 0 Å². The number of nitrogens with two attached hydrogens (primary N) is 1. The summed E-state index contributed by atoms with van der Waals surface area (Å²) < 4.78 is 0. The largest absolute Gasteiger partial charge is 0.327 e. The Bertz CT molecular complexity index is 167. The van der Waals surface area contributed by atoms with Crippen LogP contribution in [-0.4, -0.2) is 11.8 Å². The summed E-state index contributed by atoms with van der Waals surface area (Å²) in [5.74, 6) is 0.0340. The molecule has 0 saturated heterocycles. The lowest BCUT2D eigenvalue weighted by molar-refractivity contribution is -0.115. The number of rotatable bonds is 4. The zero-order chi connectivity index (χ0) is 9.78. The summed E-state index contributed by atoms with van der Waals surface area (Å²) in [6, 6.07) is -0.0319. The summed E-state index contributed by atoms with van der Waals surface area (Å²) in [6.07, 6.45) is 2.62. The Morgan fingerprint density at radius 1 is 1.58 bits per heavy atom. The lowest BCUT2D eigenvalue weighted by Crippen LogP contribution is -2.28. The second kappa shape index (κ2) is 4.41. The zero-order valence-electron chi connectivity index (χ0n) is 8.26. The molecule has 2 N–H and O–H groups in total. The number of hydrogen-bond acceptors (Lipinski definition) is 2. The molecule has 0 rings (SSSR count). The van der Waals surface area contributed by atoms with Crippen molar-refractivity contribution in [2.24, 2.45) is 11.1 Å². The fraction of sp³-hybridized carbons (Fsp3) is 0.700. The van der Waals surface area contributed by atoms with Gasteiger partial charge in [0.1, 0.15) is 0 Å². The Labute approximate surface area is 74.8 Å². The summed E-state index contributed by atoms with van der Waals surface area (Å²) in [7, 11) is 0. The Morgan fingerprint density at radius 2 is 2.08 bits per heavy atom. The minimum atomic E-state index is -0.0319. The Morgan fingerprint density at radius 3 is 2.42 bits per heavy atom. The molecule has 0 spiro atoms. The van der Waals surface area contributed by atoms with Crippen molar-refractivity contribution in [1.29, 1.82) is 0 Å². The van der Waals surface area contributed by atoms with E-state index in [9.17, 15) is 4.79 Å². The second-order valence-corrected chi connectivity index (χ2v) is 4.40. The van der Waals surface area contributed by atoms with E-state index in [1.54, 1.807) is 0 Å². The molecule has 0 fully saturated rings. The number of carbonyl (C=O) groups excluding carboxylic acids is 1. The predicted octanol–water partition coefficient (Wildman–Crippen LogP) is 1.90. The molecule has 70 valence electrons. The molecule has 1 atom stereocenters. The Kier molecular flexibility index (Phi) is 4.18. The van der Waals surface area contributed by atoms with Crippen LogP contribution < -0.4 is 5.73 Å². The van der Waals surface area contributed by atoms with Crippen molar-refractivity contribution in [2.75, 3.05) is 0 Å². The average molecular weight is 169 g/mol. The van der Waals surface area contributed by atoms with E-state index in [1.165, 1.54) is 6.08 Å². The number of carbonyl (C=O) groups is 1. The molecule has 0 aliphatic heterocycles. The van der Waals surface area contributed by atoms with Gasteiger partial charge in [0.2, 0.25) is 0 Å². The summed E-state index contributed by atoms with van der Waals surface area (Å²) in [4.78, 5) is 10.9. The van der Waals surface area contributed by atoms with Crippen molar-refractivity contribution < 1.29 is 4.79 Å². The van der Waals surface area contributed by atoms with Gasteiger partial charge in [-0.25, -0.2) is 0 Å². The van der Waals surface area contributed by atoms with Crippen molar-refractivity contribution in [3.05, 3.63) is 12.7 Å². The van der Waals surface area contributed by atoms with Crippen LogP contribution in [0, 0.1) is 5.41 Å². The average Bonchev–Trinajstić information content (AvgIpc) is 1.82. The van der Waals surface area contributed by atoms with E-state index in [-0.39, 0.29) is 17.2 Å². The van der Waals surface area contributed by atoms with Crippen LogP contribution in [0.25, 0.3) is 0 Å². The SMILES string of the molecule is C=CC(=O)CC(N)CC(C)(C)C. The molecule has 0 aromatic carbocycles. The standard InChI is InChI=1S/C10H19NO/c1-5-9(12)6-8(11)7-10(2,3)4/h5,8H,1,6-7,11H2,2-4H3. The smallest absolute Gasteiger partial charge is 0.156 e. The summed E-state index contributed by atoms with van der Waals surface area (Å²) in [5, 5.41) is 0. The van der Waals surface area contributed by atoms with Crippen LogP contribution in [0.2, 0.25) is 0 Å². The summed E-state index contributed by atoms with van der Waals surface area (Å²) in [5.41, 5.74) is 5.96. The van der Waals surface area contributed by atoms with E-state index in [2.05, 4.69) is 27.4 Å². The normalized spacial score (nSPS) is 14.0. The Balaban J connectivity index is 3.82. The monoisotopic (exact) mass is 169 g/mol. The van der Waals surface area contributed by atoms with Gasteiger partial charge in [0.05, 0.1) is 0 Å². The molecule has 12 heavy (non-hydrogen) atoms. The molecule has 0 radical (unpaired) electrons. The third-order valence-electron chi connectivity index (χ3n) is 1.57. The molecule has 0 heterocycles. The molecule has 0 aliphatic rings. The molecule has 0 aromatic rings. The van der Waals surface area contributed by atoms with Gasteiger partial charge in [-0.3, -0.25) is 4.79 Å². The molecule has 0 amide bonds. The third-order valence-corrected chi connectivity index (χ3v) is 1.57. The zero-order valence-corrected chi connectivity index (χ0v) is 8.26. The molecule has 2 nitrogen and oxygen atoms in total. The van der Waals surface area contributed by atoms with E-state index in [0.717, 1.165) is 6.42 Å². The molecule has 0 saturated carbocycles. The lowest BCUT2D eigenvalue weighted by atomic mass is 9.87. The van der Waals surface area contributed by atoms with Crippen molar-refractivity contribution in [2.45, 2.75) is 39.7 Å². The van der Waals surface area contributed by atoms with Crippen LogP contribution in [0.4, 0.5) is 0 Å². The van der Waals surface area contributed by atoms with Crippen LogP contribution in [-0.2, 0) is 4.79 Å². The van der Waals surface area contributed by atoms with Crippen molar-refractivity contribution in [3.8, 4) is 0 Å². The van der Waals surface area contributed by atoms with Gasteiger partial charge in [-0.15, -0.1) is 0 Å². The van der Waals surface area contributed by atoms with E-state index >= 15 is 0 Å². The van der Waals surface area contributed by atoms with Gasteiger partial charge in [-0.05, 0) is 17.9 Å². The van der Waals surface area contributed by atoms with Gasteiger partial charge in [-0.2, -0.15) is 0 Å². The summed E-state index contributed by atoms with van der Waals surface area (Å²) in [6.45, 7) is 9.75. The molecule has 1 unspecified atom stereocenters. The van der Waals surface area contributed by atoms with Crippen molar-refractivity contribution >= 4 is 5.78 Å². The molecular formula is C10H19NO. The van der Waals surface area contributed by atoms with E-state index in [0.29, 0.717) is 6.42 Å². The van der Waals surface area contributed by atoms with Gasteiger partial charge < -0.3 is 5.73 Å². The van der Waals surface area contributed by atoms with Gasteiger partial charge >= 0.3 is 0 Å². The highest BCUT2D eigenvalue weighted by Crippen LogP contribution is 2.20. The highest BCUT2D eigenvalue weighted by Gasteiger charge is 2.16. The maximum Gasteiger partial charge on any atom is 0.156 e. The fourth-order valence-electron chi connectivity index (χ4n) is 1.20. The topological polar surface area (TPSA) is 43.1 Å². The minimum absolute atomic E-state index is 0.0319. The van der Waals surface area contributed by atoms with Gasteiger partial charge in [0.25, 0.3) is 0 Å². The Hall–Kier alpha value is -0.630. The number of hydrogen-bond donors (Lipinski definition) is 1. The van der Waals surface area contributed by atoms with Crippen LogP contribution in [0.3, 0.4) is 0 Å². The second-order valence-electron chi connectivity index (χ2n) is 4.40. The maximum atomic E-state index is 10.9. The maximum absolute atomic E-state index is 10.9. The van der Waals surface area contributed by atoms with Crippen LogP contribution in [0.15, 0.2) is 12.7 Å². The van der Waals surface area contributed by atoms with Gasteiger partial charge in [0.15, 0.2) is 5.78 Å². The first-order chi connectivity index (χ1) is 5.35. The first-order valence-electron chi connectivity index (χ1n) is 4.26. The van der Waals surface area contributed by atoms with Gasteiger partial charge in [0, 0.05) is 12.5 Å². The van der Waals surface area contributed by atoms with E-state index in [4.69, 9.17) is 5.73 Å². The van der Waals surface area contributed by atoms with E-state index in [1.807, 2.05) is 0 Å². The minimum Gasteiger partial charge on any atom is -0.327 e. The third kappa shape index (κ3) is 6.10. The van der Waals surface area contributed by atoms with Crippen molar-refractivity contribution in [3.63, 3.8) is 0 Å². The first kappa shape index (κ1) is 11.4. The first-order valence-corrected chi connectivity index (χ1v) is 4.26. The number of allylic oxidation sites excluding steroid dienone is 1. The van der Waals surface area contributed by atoms with Crippen LogP contribution in [0.5, 0.6) is 0 Å². The van der Waals surface area contributed by atoms with Crippen LogP contribution in [0.1, 0.15) is 33.6 Å². The molecule has 0 aromatic heterocycles. The van der Waals surface area contributed by atoms with E-state index < -0.39 is 0 Å². The molecule has 0 aliphatic carbocycles.